The zero-order chi connectivity index (χ0) is 21.6. The van der Waals surface area contributed by atoms with E-state index in [1.54, 1.807) is 0 Å². The SMILES string of the molecule is O=C(CN1C(=O)[C@H]2CCCN2C1=O)N1CCN(S(=O)(=O)c2ccc(F)c(Cl)c2)CC1. The molecule has 0 bridgehead atoms. The summed E-state index contributed by atoms with van der Waals surface area (Å²) in [6, 6.07) is 2.29. The van der Waals surface area contributed by atoms with Crippen molar-refractivity contribution in [3.05, 3.63) is 29.0 Å². The summed E-state index contributed by atoms with van der Waals surface area (Å²) in [5.74, 6) is -1.46. The molecule has 0 aliphatic carbocycles. The number of halogens is 2. The van der Waals surface area contributed by atoms with Crippen LogP contribution in [-0.2, 0) is 19.6 Å². The predicted molar refractivity (Wildman–Crippen MR) is 104 cm³/mol. The maximum atomic E-state index is 13.3. The Kier molecular flexibility index (Phi) is 5.45. The van der Waals surface area contributed by atoms with Crippen LogP contribution in [-0.4, -0.2) is 90.6 Å². The maximum absolute atomic E-state index is 13.3. The van der Waals surface area contributed by atoms with Gasteiger partial charge in [-0.15, -0.1) is 0 Å². The van der Waals surface area contributed by atoms with Crippen LogP contribution in [0.2, 0.25) is 5.02 Å². The van der Waals surface area contributed by atoms with Crippen molar-refractivity contribution in [2.75, 3.05) is 39.3 Å². The molecule has 0 saturated carbocycles. The molecule has 4 rings (SSSR count). The van der Waals surface area contributed by atoms with Gasteiger partial charge in [0, 0.05) is 32.7 Å². The van der Waals surface area contributed by atoms with Crippen molar-refractivity contribution in [1.82, 2.24) is 19.0 Å². The van der Waals surface area contributed by atoms with Gasteiger partial charge in [0.1, 0.15) is 18.4 Å². The van der Waals surface area contributed by atoms with E-state index in [4.69, 9.17) is 11.6 Å². The lowest BCUT2D eigenvalue weighted by Gasteiger charge is -2.34. The lowest BCUT2D eigenvalue weighted by molar-refractivity contribution is -0.138. The van der Waals surface area contributed by atoms with E-state index < -0.39 is 33.8 Å². The zero-order valence-corrected chi connectivity index (χ0v) is 17.5. The molecule has 30 heavy (non-hydrogen) atoms. The molecule has 162 valence electrons. The van der Waals surface area contributed by atoms with Gasteiger partial charge in [-0.1, -0.05) is 11.6 Å². The third-order valence-corrected chi connectivity index (χ3v) is 7.88. The Labute approximate surface area is 178 Å². The number of urea groups is 1. The number of sulfonamides is 1. The van der Waals surface area contributed by atoms with Crippen molar-refractivity contribution in [2.45, 2.75) is 23.8 Å². The highest BCUT2D eigenvalue weighted by Gasteiger charge is 2.48. The summed E-state index contributed by atoms with van der Waals surface area (Å²) in [5, 5.41) is -0.287. The second-order valence-electron chi connectivity index (χ2n) is 7.42. The summed E-state index contributed by atoms with van der Waals surface area (Å²) < 4.78 is 40.0. The first-order valence-corrected chi connectivity index (χ1v) is 11.4. The highest BCUT2D eigenvalue weighted by atomic mass is 35.5. The normalized spacial score (nSPS) is 22.7. The van der Waals surface area contributed by atoms with Gasteiger partial charge in [0.2, 0.25) is 15.9 Å². The van der Waals surface area contributed by atoms with Gasteiger partial charge in [-0.2, -0.15) is 4.31 Å². The predicted octanol–water partition coefficient (Wildman–Crippen LogP) is 0.739. The Hall–Kier alpha value is -2.24. The molecule has 3 aliphatic rings. The van der Waals surface area contributed by atoms with Gasteiger partial charge in [0.05, 0.1) is 9.92 Å². The van der Waals surface area contributed by atoms with Crippen LogP contribution in [0.15, 0.2) is 23.1 Å². The van der Waals surface area contributed by atoms with Gasteiger partial charge in [0.15, 0.2) is 0 Å². The number of hydrogen-bond acceptors (Lipinski definition) is 5. The van der Waals surface area contributed by atoms with Crippen molar-refractivity contribution >= 4 is 39.5 Å². The van der Waals surface area contributed by atoms with Crippen LogP contribution in [0.25, 0.3) is 0 Å². The summed E-state index contributed by atoms with van der Waals surface area (Å²) >= 11 is 5.69. The molecule has 4 amide bonds. The third kappa shape index (κ3) is 3.54. The highest BCUT2D eigenvalue weighted by molar-refractivity contribution is 7.89. The van der Waals surface area contributed by atoms with Crippen LogP contribution in [0.4, 0.5) is 9.18 Å². The quantitative estimate of drug-likeness (QED) is 0.620. The Bertz CT molecular complexity index is 990. The Balaban J connectivity index is 1.37. The van der Waals surface area contributed by atoms with E-state index in [-0.39, 0.29) is 48.5 Å². The van der Waals surface area contributed by atoms with Crippen LogP contribution in [0.5, 0.6) is 0 Å². The molecule has 3 heterocycles. The summed E-state index contributed by atoms with van der Waals surface area (Å²) in [4.78, 5) is 41.1. The molecule has 0 radical (unpaired) electrons. The molecule has 12 heteroatoms. The first kappa shape index (κ1) is 21.0. The van der Waals surface area contributed by atoms with Crippen molar-refractivity contribution < 1.29 is 27.2 Å². The van der Waals surface area contributed by atoms with Crippen molar-refractivity contribution in [1.29, 1.82) is 0 Å². The second-order valence-corrected chi connectivity index (χ2v) is 9.76. The standard InChI is InChI=1S/C18H20ClFN4O5S/c19-13-10-12(3-4-14(13)20)30(28,29)22-8-6-21(7-9-22)16(25)11-24-17(26)15-2-1-5-23(15)18(24)27/h3-4,10,15H,1-2,5-9,11H2/t15-/m1/s1. The molecule has 9 nitrogen and oxygen atoms in total. The van der Waals surface area contributed by atoms with Crippen LogP contribution in [0.1, 0.15) is 12.8 Å². The number of hydrogen-bond donors (Lipinski definition) is 0. The number of nitrogens with zero attached hydrogens (tertiary/aromatic N) is 4. The fourth-order valence-corrected chi connectivity index (χ4v) is 5.72. The molecule has 1 aromatic carbocycles. The monoisotopic (exact) mass is 458 g/mol. The fourth-order valence-electron chi connectivity index (χ4n) is 4.03. The highest BCUT2D eigenvalue weighted by Crippen LogP contribution is 2.27. The maximum Gasteiger partial charge on any atom is 0.327 e. The molecular formula is C18H20ClFN4O5S. The van der Waals surface area contributed by atoms with Crippen molar-refractivity contribution in [3.8, 4) is 0 Å². The van der Waals surface area contributed by atoms with Crippen molar-refractivity contribution in [2.24, 2.45) is 0 Å². The molecule has 0 spiro atoms. The zero-order valence-electron chi connectivity index (χ0n) is 16.0. The molecule has 0 aromatic heterocycles. The van der Waals surface area contributed by atoms with E-state index in [0.717, 1.165) is 29.5 Å². The smallest absolute Gasteiger partial charge is 0.327 e. The number of benzene rings is 1. The molecule has 3 fully saturated rings. The van der Waals surface area contributed by atoms with E-state index >= 15 is 0 Å². The average Bonchev–Trinajstić information content (AvgIpc) is 3.29. The summed E-state index contributed by atoms with van der Waals surface area (Å²) in [6.45, 7) is 0.501. The molecule has 3 saturated heterocycles. The average molecular weight is 459 g/mol. The summed E-state index contributed by atoms with van der Waals surface area (Å²) in [7, 11) is -3.88. The lowest BCUT2D eigenvalue weighted by Crippen LogP contribution is -2.53. The van der Waals surface area contributed by atoms with Crippen LogP contribution in [0, 0.1) is 5.82 Å². The number of piperazine rings is 1. The van der Waals surface area contributed by atoms with Gasteiger partial charge < -0.3 is 9.80 Å². The van der Waals surface area contributed by atoms with E-state index in [0.29, 0.717) is 13.0 Å². The molecular weight excluding hydrogens is 439 g/mol. The van der Waals surface area contributed by atoms with Gasteiger partial charge >= 0.3 is 6.03 Å². The molecule has 0 N–H and O–H groups in total. The topological polar surface area (TPSA) is 98.3 Å². The minimum absolute atomic E-state index is 0.0414. The molecule has 3 aliphatic heterocycles. The van der Waals surface area contributed by atoms with Gasteiger partial charge in [-0.25, -0.2) is 17.6 Å². The molecule has 1 aromatic rings. The van der Waals surface area contributed by atoms with E-state index in [1.165, 1.54) is 14.1 Å². The van der Waals surface area contributed by atoms with Crippen molar-refractivity contribution in [3.63, 3.8) is 0 Å². The van der Waals surface area contributed by atoms with E-state index in [1.807, 2.05) is 0 Å². The number of amides is 4. The number of carbonyl (C=O) groups excluding carboxylic acids is 3. The lowest BCUT2D eigenvalue weighted by atomic mass is 10.2. The Morgan fingerprint density at radius 2 is 1.83 bits per heavy atom. The summed E-state index contributed by atoms with van der Waals surface area (Å²) in [5.41, 5.74) is 0. The number of carbonyl (C=O) groups is 3. The third-order valence-electron chi connectivity index (χ3n) is 5.69. The first-order chi connectivity index (χ1) is 14.2. The summed E-state index contributed by atoms with van der Waals surface area (Å²) in [6.07, 6.45) is 1.39. The number of imide groups is 1. The second kappa shape index (κ2) is 7.78. The number of rotatable bonds is 4. The fraction of sp³-hybridized carbons (Fsp3) is 0.500. The van der Waals surface area contributed by atoms with Gasteiger partial charge in [-0.05, 0) is 31.0 Å². The van der Waals surface area contributed by atoms with Gasteiger partial charge in [0.25, 0.3) is 5.91 Å². The Morgan fingerprint density at radius 3 is 2.47 bits per heavy atom. The molecule has 1 atom stereocenters. The van der Waals surface area contributed by atoms with Crippen LogP contribution in [0.3, 0.4) is 0 Å². The van der Waals surface area contributed by atoms with E-state index in [2.05, 4.69) is 0 Å². The van der Waals surface area contributed by atoms with Gasteiger partial charge in [-0.3, -0.25) is 14.5 Å². The van der Waals surface area contributed by atoms with E-state index in [9.17, 15) is 27.2 Å². The Morgan fingerprint density at radius 1 is 1.13 bits per heavy atom. The first-order valence-electron chi connectivity index (χ1n) is 9.55. The van der Waals surface area contributed by atoms with Crippen LogP contribution < -0.4 is 0 Å². The molecule has 0 unspecified atom stereocenters. The van der Waals surface area contributed by atoms with Crippen LogP contribution >= 0.6 is 11.6 Å². The minimum atomic E-state index is -3.88. The number of fused-ring (bicyclic) bond motifs is 1. The minimum Gasteiger partial charge on any atom is -0.338 e. The largest absolute Gasteiger partial charge is 0.338 e.